The van der Waals surface area contributed by atoms with E-state index in [0.29, 0.717) is 49.3 Å². The summed E-state index contributed by atoms with van der Waals surface area (Å²) in [5.41, 5.74) is 0.621. The Morgan fingerprint density at radius 2 is 1.68 bits per heavy atom. The third-order valence-corrected chi connectivity index (χ3v) is 11.0. The van der Waals surface area contributed by atoms with E-state index in [0.717, 1.165) is 60.1 Å². The second-order valence-corrected chi connectivity index (χ2v) is 15.9. The first-order valence-electron chi connectivity index (χ1n) is 18.3. The lowest BCUT2D eigenvalue weighted by Gasteiger charge is -2.49. The minimum atomic E-state index is -2.45. The molecule has 1 fully saturated rings. The van der Waals surface area contributed by atoms with E-state index in [9.17, 15) is 19.8 Å². The van der Waals surface area contributed by atoms with Crippen molar-refractivity contribution in [3.63, 3.8) is 0 Å². The van der Waals surface area contributed by atoms with Gasteiger partial charge < -0.3 is 34.8 Å². The van der Waals surface area contributed by atoms with E-state index in [2.05, 4.69) is 66.3 Å². The molecule has 5 rings (SSSR count). The van der Waals surface area contributed by atoms with Crippen molar-refractivity contribution < 1.29 is 33.8 Å². The number of benzene rings is 1. The molecule has 0 spiro atoms. The van der Waals surface area contributed by atoms with Gasteiger partial charge in [-0.15, -0.1) is 0 Å². The number of rotatable bonds is 16. The largest absolute Gasteiger partial charge is 0.507 e. The number of nitrogens with zero attached hydrogens (tertiary/aromatic N) is 2. The standard InChI is InChI=1S/C38H55BrN4O7/c1-9-11-13-48-33-24(19-40-17-20(3)4)30(41-18-21(5)6)29(39)23-15-22-16-25-31(43(7)8)34-28(37(42-50-34)49-14-12-10-2)36(46)38(25,47)35(45)26(22)32(44)27(23)33/h20-22,25,31,40-41,44,47H,9-19H2,1-8H3/t22-,25-,31-,38-/m0/s1. The van der Waals surface area contributed by atoms with Gasteiger partial charge in [-0.1, -0.05) is 54.4 Å². The summed E-state index contributed by atoms with van der Waals surface area (Å²) < 4.78 is 18.9. The molecule has 0 amide bonds. The Morgan fingerprint density at radius 3 is 2.30 bits per heavy atom. The zero-order valence-corrected chi connectivity index (χ0v) is 32.5. The fraction of sp³-hybridized carbons (Fsp3) is 0.658. The highest BCUT2D eigenvalue weighted by molar-refractivity contribution is 9.10. The molecule has 12 heteroatoms. The van der Waals surface area contributed by atoms with Gasteiger partial charge >= 0.3 is 0 Å². The Kier molecular flexibility index (Phi) is 12.1. The SMILES string of the molecule is CCCCOc1noc2c1C(=O)[C@@]1(O)C(=O)C3=C(O)c4c(c(Br)c(NCC(C)C)c(CNCC(C)C)c4OCCCC)C[C@H]3C[C@H]1[C@@H]2N(C)C. The molecule has 3 aliphatic carbocycles. The van der Waals surface area contributed by atoms with E-state index in [4.69, 9.17) is 14.0 Å². The maximum atomic E-state index is 14.8. The number of hydrogen-bond acceptors (Lipinski definition) is 11. The molecule has 3 aliphatic rings. The number of ketones is 2. The molecule has 0 bridgehead atoms. The quantitative estimate of drug-likeness (QED) is 0.105. The maximum Gasteiger partial charge on any atom is 0.265 e. The number of ether oxygens (including phenoxy) is 2. The van der Waals surface area contributed by atoms with E-state index < -0.39 is 35.0 Å². The van der Waals surface area contributed by atoms with Gasteiger partial charge in [-0.2, -0.15) is 0 Å². The number of aliphatic hydroxyl groups excluding tert-OH is 1. The van der Waals surface area contributed by atoms with Crippen molar-refractivity contribution in [3.8, 4) is 11.6 Å². The number of Topliss-reactive ketones (excluding diaryl/α,β-unsaturated/α-hetero) is 2. The van der Waals surface area contributed by atoms with Crippen LogP contribution in [0.2, 0.25) is 0 Å². The molecule has 0 unspecified atom stereocenters. The van der Waals surface area contributed by atoms with Crippen molar-refractivity contribution in [1.29, 1.82) is 0 Å². The smallest absolute Gasteiger partial charge is 0.265 e. The maximum absolute atomic E-state index is 14.8. The van der Waals surface area contributed by atoms with Crippen LogP contribution in [0.15, 0.2) is 14.6 Å². The van der Waals surface area contributed by atoms with Gasteiger partial charge in [-0.25, -0.2) is 0 Å². The average Bonchev–Trinajstić information content (AvgIpc) is 3.47. The van der Waals surface area contributed by atoms with Gasteiger partial charge in [0, 0.05) is 34.6 Å². The first kappa shape index (κ1) is 38.3. The van der Waals surface area contributed by atoms with Crippen LogP contribution in [-0.4, -0.2) is 77.8 Å². The molecule has 1 heterocycles. The zero-order chi connectivity index (χ0) is 36.5. The summed E-state index contributed by atoms with van der Waals surface area (Å²) in [6.45, 7) is 15.4. The van der Waals surface area contributed by atoms with Crippen LogP contribution in [0, 0.1) is 23.7 Å². The van der Waals surface area contributed by atoms with Crippen molar-refractivity contribution in [2.45, 2.75) is 98.3 Å². The van der Waals surface area contributed by atoms with Gasteiger partial charge in [0.2, 0.25) is 11.6 Å². The van der Waals surface area contributed by atoms with Crippen molar-refractivity contribution in [2.75, 3.05) is 45.7 Å². The highest BCUT2D eigenvalue weighted by Crippen LogP contribution is 2.57. The Bertz CT molecular complexity index is 1620. The van der Waals surface area contributed by atoms with Crippen LogP contribution in [0.1, 0.15) is 112 Å². The van der Waals surface area contributed by atoms with E-state index in [1.165, 1.54) is 0 Å². The van der Waals surface area contributed by atoms with Crippen LogP contribution in [0.3, 0.4) is 0 Å². The van der Waals surface area contributed by atoms with E-state index in [1.807, 2.05) is 25.9 Å². The molecule has 1 aromatic heterocycles. The molecule has 11 nitrogen and oxygen atoms in total. The van der Waals surface area contributed by atoms with E-state index in [1.54, 1.807) is 0 Å². The molecule has 1 saturated carbocycles. The van der Waals surface area contributed by atoms with Gasteiger partial charge in [-0.3, -0.25) is 14.5 Å². The summed E-state index contributed by atoms with van der Waals surface area (Å²) in [6.07, 6.45) is 4.00. The molecule has 4 atom stereocenters. The van der Waals surface area contributed by atoms with Gasteiger partial charge in [0.05, 0.1) is 30.5 Å². The number of hydrogen-bond donors (Lipinski definition) is 4. The number of carbonyl (C=O) groups excluding carboxylic acids is 2. The summed E-state index contributed by atoms with van der Waals surface area (Å²) in [4.78, 5) is 31.0. The minimum Gasteiger partial charge on any atom is -0.507 e. The van der Waals surface area contributed by atoms with Gasteiger partial charge in [-0.05, 0) is 90.7 Å². The molecule has 1 aromatic carbocycles. The third kappa shape index (κ3) is 6.85. The number of nitrogens with one attached hydrogen (secondary N) is 2. The Morgan fingerprint density at radius 1 is 1.02 bits per heavy atom. The second-order valence-electron chi connectivity index (χ2n) is 15.1. The van der Waals surface area contributed by atoms with Crippen LogP contribution < -0.4 is 20.1 Å². The summed E-state index contributed by atoms with van der Waals surface area (Å²) in [6, 6.07) is -0.633. The summed E-state index contributed by atoms with van der Waals surface area (Å²) in [5, 5.41) is 36.0. The minimum absolute atomic E-state index is 0.00707. The molecular formula is C38H55BrN4O7. The van der Waals surface area contributed by atoms with E-state index >= 15 is 0 Å². The zero-order valence-electron chi connectivity index (χ0n) is 30.9. The lowest BCUT2D eigenvalue weighted by atomic mass is 9.57. The number of fused-ring (bicyclic) bond motifs is 4. The fourth-order valence-electron chi connectivity index (χ4n) is 7.59. The van der Waals surface area contributed by atoms with Crippen molar-refractivity contribution in [2.24, 2.45) is 23.7 Å². The van der Waals surface area contributed by atoms with E-state index in [-0.39, 0.29) is 35.0 Å². The average molecular weight is 760 g/mol. The molecule has 0 radical (unpaired) electrons. The molecule has 0 saturated heterocycles. The highest BCUT2D eigenvalue weighted by Gasteiger charge is 2.65. The molecule has 4 N–H and O–H groups in total. The van der Waals surface area contributed by atoms with Crippen molar-refractivity contribution >= 4 is 38.9 Å². The number of halogens is 1. The predicted octanol–water partition coefficient (Wildman–Crippen LogP) is 6.87. The molecular weight excluding hydrogens is 704 g/mol. The first-order chi connectivity index (χ1) is 23.8. The predicted molar refractivity (Wildman–Crippen MR) is 197 cm³/mol. The number of aliphatic hydroxyl groups is 2. The van der Waals surface area contributed by atoms with Crippen LogP contribution in [0.25, 0.3) is 5.76 Å². The Hall–Kier alpha value is -2.93. The number of aromatic nitrogens is 1. The first-order valence-corrected chi connectivity index (χ1v) is 19.1. The topological polar surface area (TPSA) is 146 Å². The highest BCUT2D eigenvalue weighted by atomic mass is 79.9. The Labute approximate surface area is 304 Å². The monoisotopic (exact) mass is 758 g/mol. The van der Waals surface area contributed by atoms with Crippen molar-refractivity contribution in [3.05, 3.63) is 38.1 Å². The van der Waals surface area contributed by atoms with Gasteiger partial charge in [0.15, 0.2) is 11.4 Å². The number of unbranched alkanes of at least 4 members (excludes halogenated alkanes) is 2. The van der Waals surface area contributed by atoms with Gasteiger partial charge in [0.25, 0.3) is 5.88 Å². The normalized spacial score (nSPS) is 22.9. The third-order valence-electron chi connectivity index (χ3n) is 10.1. The number of anilines is 1. The van der Waals surface area contributed by atoms with Crippen LogP contribution in [0.5, 0.6) is 11.6 Å². The summed E-state index contributed by atoms with van der Waals surface area (Å²) >= 11 is 3.92. The number of carbonyl (C=O) groups is 2. The van der Waals surface area contributed by atoms with Crippen LogP contribution >= 0.6 is 15.9 Å². The second kappa shape index (κ2) is 15.8. The van der Waals surface area contributed by atoms with Gasteiger partial charge in [0.1, 0.15) is 17.1 Å². The fourth-order valence-corrected chi connectivity index (χ4v) is 8.33. The van der Waals surface area contributed by atoms with Crippen molar-refractivity contribution in [1.82, 2.24) is 15.4 Å². The molecule has 2 aromatic rings. The summed E-state index contributed by atoms with van der Waals surface area (Å²) in [5.74, 6) is -1.58. The molecule has 0 aliphatic heterocycles. The van der Waals surface area contributed by atoms with Crippen LogP contribution in [0.4, 0.5) is 5.69 Å². The molecule has 50 heavy (non-hydrogen) atoms. The molecule has 276 valence electrons. The lowest BCUT2D eigenvalue weighted by molar-refractivity contribution is -0.142. The summed E-state index contributed by atoms with van der Waals surface area (Å²) in [7, 11) is 3.65. The Balaban J connectivity index is 1.69. The lowest BCUT2D eigenvalue weighted by Crippen LogP contribution is -2.63. The van der Waals surface area contributed by atoms with Crippen LogP contribution in [-0.2, 0) is 17.8 Å².